The Hall–Kier alpha value is -2.32. The van der Waals surface area contributed by atoms with Crippen molar-refractivity contribution >= 4 is 21.7 Å². The molecule has 0 saturated carbocycles. The Bertz CT molecular complexity index is 798. The Balaban J connectivity index is 2.32. The molecule has 0 bridgehead atoms. The van der Waals surface area contributed by atoms with Gasteiger partial charge in [-0.05, 0) is 36.2 Å². The Morgan fingerprint density at radius 3 is 2.62 bits per heavy atom. The van der Waals surface area contributed by atoms with E-state index >= 15 is 0 Å². The van der Waals surface area contributed by atoms with E-state index in [0.29, 0.717) is 23.9 Å². The molecule has 0 atom stereocenters. The van der Waals surface area contributed by atoms with Gasteiger partial charge in [-0.2, -0.15) is 0 Å². The highest BCUT2D eigenvalue weighted by Crippen LogP contribution is 2.23. The first-order valence-corrected chi connectivity index (χ1v) is 8.91. The third-order valence-corrected chi connectivity index (χ3v) is 4.68. The smallest absolute Gasteiger partial charge is 0.335 e. The molecule has 0 fully saturated rings. The fourth-order valence-electron chi connectivity index (χ4n) is 1.99. The number of carbonyl (C=O) groups is 1. The van der Waals surface area contributed by atoms with Gasteiger partial charge in [-0.3, -0.25) is 0 Å². The van der Waals surface area contributed by atoms with Gasteiger partial charge in [0, 0.05) is 6.54 Å². The Kier molecular flexibility index (Phi) is 5.63. The molecule has 1 aromatic heterocycles. The molecule has 0 amide bonds. The van der Waals surface area contributed by atoms with Crippen LogP contribution in [0.15, 0.2) is 45.9 Å². The lowest BCUT2D eigenvalue weighted by atomic mass is 10.2. The zero-order valence-electron chi connectivity index (χ0n) is 13.4. The standard InChI is InChI=1S/C16H20N2O5S/c1-11(2)9-17-14-6-5-12(16(19)20)8-15(14)24(21,22)18-10-13-4-3-7-23-13/h3-8,11,17-18H,9-10H2,1-2H3,(H,19,20). The monoisotopic (exact) mass is 352 g/mol. The number of carboxylic acid groups (broad SMARTS) is 1. The molecular weight excluding hydrogens is 332 g/mol. The summed E-state index contributed by atoms with van der Waals surface area (Å²) in [6, 6.07) is 7.29. The van der Waals surface area contributed by atoms with E-state index in [4.69, 9.17) is 9.52 Å². The first-order valence-electron chi connectivity index (χ1n) is 7.43. The first kappa shape index (κ1) is 18.0. The minimum absolute atomic E-state index is 0.0176. The van der Waals surface area contributed by atoms with E-state index in [1.54, 1.807) is 12.1 Å². The summed E-state index contributed by atoms with van der Waals surface area (Å²) in [7, 11) is -3.91. The zero-order valence-corrected chi connectivity index (χ0v) is 14.3. The van der Waals surface area contributed by atoms with Gasteiger partial charge in [0.15, 0.2) is 0 Å². The molecule has 0 spiro atoms. The molecule has 0 unspecified atom stereocenters. The SMILES string of the molecule is CC(C)CNc1ccc(C(=O)O)cc1S(=O)(=O)NCc1ccco1. The molecule has 1 aromatic carbocycles. The number of aromatic carboxylic acids is 1. The third-order valence-electron chi connectivity index (χ3n) is 3.24. The molecule has 130 valence electrons. The summed E-state index contributed by atoms with van der Waals surface area (Å²) >= 11 is 0. The molecule has 1 heterocycles. The maximum atomic E-state index is 12.6. The van der Waals surface area contributed by atoms with Gasteiger partial charge in [-0.25, -0.2) is 17.9 Å². The van der Waals surface area contributed by atoms with Gasteiger partial charge >= 0.3 is 5.97 Å². The fourth-order valence-corrected chi connectivity index (χ4v) is 3.19. The quantitative estimate of drug-likeness (QED) is 0.674. The molecule has 2 aromatic rings. The fraction of sp³-hybridized carbons (Fsp3) is 0.312. The van der Waals surface area contributed by atoms with Crippen LogP contribution in [0.4, 0.5) is 5.69 Å². The van der Waals surface area contributed by atoms with Crippen LogP contribution in [0.3, 0.4) is 0 Å². The van der Waals surface area contributed by atoms with E-state index in [2.05, 4.69) is 10.0 Å². The first-order chi connectivity index (χ1) is 11.3. The number of hydrogen-bond acceptors (Lipinski definition) is 5. The number of rotatable bonds is 8. The van der Waals surface area contributed by atoms with Crippen molar-refractivity contribution in [2.75, 3.05) is 11.9 Å². The van der Waals surface area contributed by atoms with Gasteiger partial charge < -0.3 is 14.8 Å². The molecule has 0 aliphatic rings. The minimum atomic E-state index is -3.91. The molecular formula is C16H20N2O5S. The molecule has 24 heavy (non-hydrogen) atoms. The van der Waals surface area contributed by atoms with Crippen LogP contribution in [-0.2, 0) is 16.6 Å². The largest absolute Gasteiger partial charge is 0.478 e. The number of carboxylic acids is 1. The molecule has 3 N–H and O–H groups in total. The van der Waals surface area contributed by atoms with Gasteiger partial charge in [0.1, 0.15) is 10.7 Å². The van der Waals surface area contributed by atoms with E-state index in [-0.39, 0.29) is 17.0 Å². The molecule has 0 radical (unpaired) electrons. The number of benzene rings is 1. The van der Waals surface area contributed by atoms with Gasteiger partial charge in [-0.1, -0.05) is 13.8 Å². The maximum Gasteiger partial charge on any atom is 0.335 e. The third kappa shape index (κ3) is 4.59. The van der Waals surface area contributed by atoms with E-state index in [1.165, 1.54) is 18.4 Å². The molecule has 0 aliphatic carbocycles. The average molecular weight is 352 g/mol. The number of furan rings is 1. The van der Waals surface area contributed by atoms with E-state index in [9.17, 15) is 13.2 Å². The molecule has 7 nitrogen and oxygen atoms in total. The van der Waals surface area contributed by atoms with Crippen molar-refractivity contribution in [1.82, 2.24) is 4.72 Å². The lowest BCUT2D eigenvalue weighted by Crippen LogP contribution is -2.25. The topological polar surface area (TPSA) is 109 Å². The lowest BCUT2D eigenvalue weighted by Gasteiger charge is -2.15. The Morgan fingerprint density at radius 1 is 1.29 bits per heavy atom. The normalized spacial score (nSPS) is 11.6. The van der Waals surface area contributed by atoms with Crippen LogP contribution in [0.1, 0.15) is 30.0 Å². The number of nitrogens with one attached hydrogen (secondary N) is 2. The molecule has 2 rings (SSSR count). The van der Waals surface area contributed by atoms with Crippen LogP contribution in [0.5, 0.6) is 0 Å². The highest BCUT2D eigenvalue weighted by atomic mass is 32.2. The summed E-state index contributed by atoms with van der Waals surface area (Å²) < 4.78 is 32.7. The van der Waals surface area contributed by atoms with E-state index in [0.717, 1.165) is 6.07 Å². The average Bonchev–Trinajstić information content (AvgIpc) is 3.04. The van der Waals surface area contributed by atoms with Crippen LogP contribution < -0.4 is 10.0 Å². The van der Waals surface area contributed by atoms with Crippen LogP contribution in [0, 0.1) is 5.92 Å². The molecule has 8 heteroatoms. The van der Waals surface area contributed by atoms with Crippen molar-refractivity contribution in [1.29, 1.82) is 0 Å². The van der Waals surface area contributed by atoms with Crippen LogP contribution in [-0.4, -0.2) is 26.0 Å². The Morgan fingerprint density at radius 2 is 2.04 bits per heavy atom. The van der Waals surface area contributed by atoms with Gasteiger partial charge in [0.25, 0.3) is 0 Å². The highest BCUT2D eigenvalue weighted by Gasteiger charge is 2.21. The highest BCUT2D eigenvalue weighted by molar-refractivity contribution is 7.89. The number of anilines is 1. The second-order valence-electron chi connectivity index (χ2n) is 5.69. The van der Waals surface area contributed by atoms with E-state index < -0.39 is 16.0 Å². The predicted octanol–water partition coefficient (Wildman–Crippen LogP) is 2.52. The van der Waals surface area contributed by atoms with Crippen molar-refractivity contribution in [3.8, 4) is 0 Å². The second kappa shape index (κ2) is 7.50. The molecule has 0 aliphatic heterocycles. The summed E-state index contributed by atoms with van der Waals surface area (Å²) in [5.41, 5.74) is 0.268. The van der Waals surface area contributed by atoms with E-state index in [1.807, 2.05) is 13.8 Å². The van der Waals surface area contributed by atoms with Crippen LogP contribution in [0.2, 0.25) is 0 Å². The number of sulfonamides is 1. The predicted molar refractivity (Wildman–Crippen MR) is 89.5 cm³/mol. The van der Waals surface area contributed by atoms with Crippen molar-refractivity contribution in [2.45, 2.75) is 25.3 Å². The summed E-state index contributed by atoms with van der Waals surface area (Å²) in [6.45, 7) is 4.52. The van der Waals surface area contributed by atoms with Crippen molar-refractivity contribution in [3.63, 3.8) is 0 Å². The van der Waals surface area contributed by atoms with Gasteiger partial charge in [0.05, 0.1) is 24.1 Å². The van der Waals surface area contributed by atoms with Crippen LogP contribution in [0.25, 0.3) is 0 Å². The lowest BCUT2D eigenvalue weighted by molar-refractivity contribution is 0.0696. The Labute approximate surface area is 140 Å². The van der Waals surface area contributed by atoms with Crippen molar-refractivity contribution in [3.05, 3.63) is 47.9 Å². The van der Waals surface area contributed by atoms with Gasteiger partial charge in [-0.15, -0.1) is 0 Å². The maximum absolute atomic E-state index is 12.6. The second-order valence-corrected chi connectivity index (χ2v) is 7.43. The van der Waals surface area contributed by atoms with Crippen molar-refractivity contribution < 1.29 is 22.7 Å². The summed E-state index contributed by atoms with van der Waals surface area (Å²) in [5.74, 6) is -0.423. The van der Waals surface area contributed by atoms with Crippen molar-refractivity contribution in [2.24, 2.45) is 5.92 Å². The summed E-state index contributed by atoms with van der Waals surface area (Å²) in [4.78, 5) is 11.0. The zero-order chi connectivity index (χ0) is 17.7. The van der Waals surface area contributed by atoms with Crippen LogP contribution >= 0.6 is 0 Å². The number of hydrogen-bond donors (Lipinski definition) is 3. The molecule has 0 saturated heterocycles. The van der Waals surface area contributed by atoms with Gasteiger partial charge in [0.2, 0.25) is 10.0 Å². The summed E-state index contributed by atoms with van der Waals surface area (Å²) in [5, 5.41) is 12.2. The summed E-state index contributed by atoms with van der Waals surface area (Å²) in [6.07, 6.45) is 1.45. The minimum Gasteiger partial charge on any atom is -0.478 e.